The van der Waals surface area contributed by atoms with E-state index in [9.17, 15) is 9.59 Å². The van der Waals surface area contributed by atoms with E-state index in [-0.39, 0.29) is 17.9 Å². The summed E-state index contributed by atoms with van der Waals surface area (Å²) < 4.78 is 11.3. The molecular formula is C20H28N2O5. The second-order valence-corrected chi connectivity index (χ2v) is 7.61. The summed E-state index contributed by atoms with van der Waals surface area (Å²) in [7, 11) is 0. The van der Waals surface area contributed by atoms with Crippen LogP contribution in [0.15, 0.2) is 18.2 Å². The Balaban J connectivity index is 1.93. The fourth-order valence-electron chi connectivity index (χ4n) is 3.86. The third kappa shape index (κ3) is 4.42. The normalized spacial score (nSPS) is 20.6. The molecule has 3 rings (SSSR count). The fraction of sp³-hybridized carbons (Fsp3) is 0.600. The second-order valence-electron chi connectivity index (χ2n) is 7.61. The van der Waals surface area contributed by atoms with Gasteiger partial charge >= 0.3 is 0 Å². The summed E-state index contributed by atoms with van der Waals surface area (Å²) in [6.45, 7) is 6.42. The van der Waals surface area contributed by atoms with Gasteiger partial charge in [0.2, 0.25) is 5.91 Å². The number of nitrogens with one attached hydrogen (secondary N) is 1. The quantitative estimate of drug-likeness (QED) is 0.623. The van der Waals surface area contributed by atoms with Crippen molar-refractivity contribution in [3.8, 4) is 5.75 Å². The van der Waals surface area contributed by atoms with Crippen LogP contribution in [0.4, 0.5) is 0 Å². The number of fused-ring (bicyclic) bond motifs is 1. The summed E-state index contributed by atoms with van der Waals surface area (Å²) in [6.07, 6.45) is 2.33. The molecule has 1 unspecified atom stereocenters. The van der Waals surface area contributed by atoms with Gasteiger partial charge in [0.05, 0.1) is 12.6 Å². The lowest BCUT2D eigenvalue weighted by Crippen LogP contribution is -2.42. The average Bonchev–Trinajstić information content (AvgIpc) is 2.86. The van der Waals surface area contributed by atoms with E-state index in [1.54, 1.807) is 17.6 Å². The van der Waals surface area contributed by atoms with Crippen molar-refractivity contribution in [3.05, 3.63) is 29.3 Å². The van der Waals surface area contributed by atoms with Gasteiger partial charge in [-0.05, 0) is 37.3 Å². The molecule has 2 aliphatic heterocycles. The Morgan fingerprint density at radius 2 is 2.00 bits per heavy atom. The Bertz CT molecular complexity index is 685. The summed E-state index contributed by atoms with van der Waals surface area (Å²) >= 11 is 0. The first-order valence-corrected chi connectivity index (χ1v) is 9.60. The lowest BCUT2D eigenvalue weighted by atomic mass is 9.91. The molecule has 0 aliphatic carbocycles. The minimum Gasteiger partial charge on any atom is -0.491 e. The standard InChI is InChI=1S/C20H28N2O5/c1-13(2)11-17-16-4-3-15(19(23)21-25)12-18(16)27-10-7-22(17)20(24)14-5-8-26-9-6-14/h3-4,12-14,17,25H,5-11H2,1-2H3,(H,21,23). The fourth-order valence-corrected chi connectivity index (χ4v) is 3.86. The molecule has 27 heavy (non-hydrogen) atoms. The molecule has 0 radical (unpaired) electrons. The number of nitrogens with zero attached hydrogens (tertiary/aromatic N) is 1. The number of benzene rings is 1. The van der Waals surface area contributed by atoms with E-state index in [1.807, 2.05) is 11.0 Å². The van der Waals surface area contributed by atoms with Gasteiger partial charge in [-0.15, -0.1) is 0 Å². The van der Waals surface area contributed by atoms with E-state index in [0.717, 1.165) is 24.8 Å². The van der Waals surface area contributed by atoms with Crippen molar-refractivity contribution in [3.63, 3.8) is 0 Å². The van der Waals surface area contributed by atoms with Crippen LogP contribution >= 0.6 is 0 Å². The van der Waals surface area contributed by atoms with Crippen LogP contribution in [0, 0.1) is 11.8 Å². The summed E-state index contributed by atoms with van der Waals surface area (Å²) in [5, 5.41) is 8.87. The Kier molecular flexibility index (Phi) is 6.34. The summed E-state index contributed by atoms with van der Waals surface area (Å²) in [6, 6.07) is 5.03. The molecule has 7 heteroatoms. The smallest absolute Gasteiger partial charge is 0.274 e. The molecule has 2 N–H and O–H groups in total. The molecule has 1 fully saturated rings. The minimum absolute atomic E-state index is 0.00518. The van der Waals surface area contributed by atoms with Gasteiger partial charge in [0, 0.05) is 30.3 Å². The van der Waals surface area contributed by atoms with Crippen LogP contribution in [-0.4, -0.2) is 48.3 Å². The third-order valence-electron chi connectivity index (χ3n) is 5.25. The van der Waals surface area contributed by atoms with E-state index >= 15 is 0 Å². The van der Waals surface area contributed by atoms with Crippen molar-refractivity contribution in [2.45, 2.75) is 39.2 Å². The van der Waals surface area contributed by atoms with Gasteiger partial charge in [-0.25, -0.2) is 5.48 Å². The molecule has 0 saturated carbocycles. The van der Waals surface area contributed by atoms with Gasteiger partial charge < -0.3 is 14.4 Å². The molecule has 0 bridgehead atoms. The topological polar surface area (TPSA) is 88.1 Å². The molecule has 1 atom stereocenters. The van der Waals surface area contributed by atoms with Gasteiger partial charge in [0.15, 0.2) is 0 Å². The van der Waals surface area contributed by atoms with Crippen LogP contribution in [-0.2, 0) is 9.53 Å². The van der Waals surface area contributed by atoms with Crippen LogP contribution in [0.3, 0.4) is 0 Å². The lowest BCUT2D eigenvalue weighted by molar-refractivity contribution is -0.141. The van der Waals surface area contributed by atoms with Crippen molar-refractivity contribution in [2.24, 2.45) is 11.8 Å². The number of hydrogen-bond acceptors (Lipinski definition) is 5. The zero-order chi connectivity index (χ0) is 19.4. The predicted octanol–water partition coefficient (Wildman–Crippen LogP) is 2.54. The molecular weight excluding hydrogens is 348 g/mol. The Morgan fingerprint density at radius 3 is 2.67 bits per heavy atom. The van der Waals surface area contributed by atoms with Gasteiger partial charge in [0.25, 0.3) is 5.91 Å². The molecule has 1 saturated heterocycles. The molecule has 148 valence electrons. The van der Waals surface area contributed by atoms with Crippen molar-refractivity contribution in [2.75, 3.05) is 26.4 Å². The number of ether oxygens (including phenoxy) is 2. The molecule has 2 aliphatic rings. The first-order valence-electron chi connectivity index (χ1n) is 9.60. The van der Waals surface area contributed by atoms with Crippen molar-refractivity contribution >= 4 is 11.8 Å². The first-order chi connectivity index (χ1) is 13.0. The van der Waals surface area contributed by atoms with Crippen LogP contribution in [0.5, 0.6) is 5.75 Å². The van der Waals surface area contributed by atoms with E-state index in [4.69, 9.17) is 14.7 Å². The first kappa shape index (κ1) is 19.6. The van der Waals surface area contributed by atoms with E-state index in [1.165, 1.54) is 0 Å². The Morgan fingerprint density at radius 1 is 1.26 bits per heavy atom. The maximum Gasteiger partial charge on any atom is 0.274 e. The number of amides is 2. The van der Waals surface area contributed by atoms with E-state index in [0.29, 0.717) is 43.6 Å². The van der Waals surface area contributed by atoms with Crippen LogP contribution in [0.25, 0.3) is 0 Å². The summed E-state index contributed by atoms with van der Waals surface area (Å²) in [5.74, 6) is 0.573. The van der Waals surface area contributed by atoms with Gasteiger partial charge in [-0.3, -0.25) is 14.8 Å². The highest BCUT2D eigenvalue weighted by Crippen LogP contribution is 2.38. The number of rotatable bonds is 4. The lowest BCUT2D eigenvalue weighted by Gasteiger charge is -2.35. The summed E-state index contributed by atoms with van der Waals surface area (Å²) in [5.41, 5.74) is 2.88. The zero-order valence-corrected chi connectivity index (χ0v) is 15.9. The molecule has 1 aromatic carbocycles. The molecule has 7 nitrogen and oxygen atoms in total. The van der Waals surface area contributed by atoms with E-state index < -0.39 is 5.91 Å². The van der Waals surface area contributed by atoms with E-state index in [2.05, 4.69) is 13.8 Å². The minimum atomic E-state index is -0.582. The van der Waals surface area contributed by atoms with Crippen LogP contribution in [0.1, 0.15) is 55.1 Å². The third-order valence-corrected chi connectivity index (χ3v) is 5.25. The largest absolute Gasteiger partial charge is 0.491 e. The van der Waals surface area contributed by atoms with Crippen molar-refractivity contribution in [1.82, 2.24) is 10.4 Å². The SMILES string of the molecule is CC(C)CC1c2ccc(C(=O)NO)cc2OCCN1C(=O)C1CCOCC1. The Hall–Kier alpha value is -2.12. The second kappa shape index (κ2) is 8.71. The summed E-state index contributed by atoms with van der Waals surface area (Å²) in [4.78, 5) is 26.9. The maximum atomic E-state index is 13.2. The van der Waals surface area contributed by atoms with Crippen LogP contribution < -0.4 is 10.2 Å². The monoisotopic (exact) mass is 376 g/mol. The highest BCUT2D eigenvalue weighted by molar-refractivity contribution is 5.94. The van der Waals surface area contributed by atoms with Crippen molar-refractivity contribution in [1.29, 1.82) is 0 Å². The molecule has 0 spiro atoms. The number of carbonyl (C=O) groups is 2. The van der Waals surface area contributed by atoms with Gasteiger partial charge in [-0.1, -0.05) is 19.9 Å². The van der Waals surface area contributed by atoms with Gasteiger partial charge in [-0.2, -0.15) is 0 Å². The number of carbonyl (C=O) groups excluding carboxylic acids is 2. The zero-order valence-electron chi connectivity index (χ0n) is 15.9. The molecule has 0 aromatic heterocycles. The molecule has 2 amide bonds. The van der Waals surface area contributed by atoms with Crippen LogP contribution in [0.2, 0.25) is 0 Å². The highest BCUT2D eigenvalue weighted by Gasteiger charge is 2.35. The molecule has 2 heterocycles. The highest BCUT2D eigenvalue weighted by atomic mass is 16.5. The number of hydroxylamine groups is 1. The Labute approximate surface area is 159 Å². The van der Waals surface area contributed by atoms with Crippen molar-refractivity contribution < 1.29 is 24.3 Å². The average molecular weight is 376 g/mol. The predicted molar refractivity (Wildman–Crippen MR) is 98.6 cm³/mol. The molecule has 1 aromatic rings. The van der Waals surface area contributed by atoms with Gasteiger partial charge in [0.1, 0.15) is 12.4 Å². The maximum absolute atomic E-state index is 13.2. The number of hydrogen-bond donors (Lipinski definition) is 2.